The second kappa shape index (κ2) is 3.85. The van der Waals surface area contributed by atoms with Crippen LogP contribution in [0, 0.1) is 22.2 Å². The van der Waals surface area contributed by atoms with E-state index in [9.17, 15) is 5.11 Å². The lowest BCUT2D eigenvalue weighted by atomic mass is 9.52. The molecule has 0 aromatic carbocycles. The summed E-state index contributed by atoms with van der Waals surface area (Å²) < 4.78 is 0. The first-order valence-corrected chi connectivity index (χ1v) is 6.76. The zero-order chi connectivity index (χ0) is 13.7. The third-order valence-electron chi connectivity index (χ3n) is 5.35. The van der Waals surface area contributed by atoms with E-state index in [4.69, 9.17) is 0 Å². The molecule has 100 valence electrons. The SMILES string of the molecule is C=CC1(O)CCC(C(C)(C)C)[C@]1(C)C(C)(C)C. The van der Waals surface area contributed by atoms with E-state index >= 15 is 0 Å². The minimum Gasteiger partial charge on any atom is -0.385 e. The zero-order valence-corrected chi connectivity index (χ0v) is 12.7. The first-order chi connectivity index (χ1) is 7.40. The first kappa shape index (κ1) is 14.8. The third-order valence-corrected chi connectivity index (χ3v) is 5.35. The van der Waals surface area contributed by atoms with Crippen LogP contribution in [0.1, 0.15) is 61.3 Å². The summed E-state index contributed by atoms with van der Waals surface area (Å²) in [5.41, 5.74) is -0.580. The molecule has 2 unspecified atom stereocenters. The Kier molecular flexibility index (Phi) is 3.34. The van der Waals surface area contributed by atoms with Crippen molar-refractivity contribution in [3.05, 3.63) is 12.7 Å². The van der Waals surface area contributed by atoms with Crippen molar-refractivity contribution < 1.29 is 5.11 Å². The van der Waals surface area contributed by atoms with E-state index in [2.05, 4.69) is 55.0 Å². The van der Waals surface area contributed by atoms with Gasteiger partial charge in [-0.2, -0.15) is 0 Å². The van der Waals surface area contributed by atoms with E-state index in [1.54, 1.807) is 6.08 Å². The van der Waals surface area contributed by atoms with Crippen LogP contribution in [0.2, 0.25) is 0 Å². The van der Waals surface area contributed by atoms with Gasteiger partial charge in [0.1, 0.15) is 0 Å². The van der Waals surface area contributed by atoms with E-state index in [0.29, 0.717) is 5.92 Å². The largest absolute Gasteiger partial charge is 0.385 e. The van der Waals surface area contributed by atoms with Gasteiger partial charge in [0.05, 0.1) is 5.60 Å². The van der Waals surface area contributed by atoms with Gasteiger partial charge >= 0.3 is 0 Å². The molecule has 1 N–H and O–H groups in total. The topological polar surface area (TPSA) is 20.2 Å². The molecule has 0 bridgehead atoms. The highest BCUT2D eigenvalue weighted by molar-refractivity contribution is 5.19. The van der Waals surface area contributed by atoms with Crippen LogP contribution < -0.4 is 0 Å². The molecule has 0 saturated heterocycles. The number of hydrogen-bond acceptors (Lipinski definition) is 1. The van der Waals surface area contributed by atoms with Crippen molar-refractivity contribution >= 4 is 0 Å². The van der Waals surface area contributed by atoms with Gasteiger partial charge in [-0.25, -0.2) is 0 Å². The number of aliphatic hydroxyl groups is 1. The summed E-state index contributed by atoms with van der Waals surface area (Å²) in [6.45, 7) is 19.7. The summed E-state index contributed by atoms with van der Waals surface area (Å²) in [5.74, 6) is 0.512. The van der Waals surface area contributed by atoms with Gasteiger partial charge in [-0.1, -0.05) is 54.5 Å². The van der Waals surface area contributed by atoms with Crippen molar-refractivity contribution in [3.63, 3.8) is 0 Å². The highest BCUT2D eigenvalue weighted by Gasteiger charge is 2.62. The van der Waals surface area contributed by atoms with Crippen LogP contribution in [0.3, 0.4) is 0 Å². The molecule has 1 aliphatic carbocycles. The molecule has 17 heavy (non-hydrogen) atoms. The fourth-order valence-electron chi connectivity index (χ4n) is 4.00. The van der Waals surface area contributed by atoms with Gasteiger partial charge in [0, 0.05) is 5.41 Å². The molecule has 1 heteroatoms. The molecule has 1 saturated carbocycles. The zero-order valence-electron chi connectivity index (χ0n) is 12.7. The first-order valence-electron chi connectivity index (χ1n) is 6.76. The predicted octanol–water partition coefficient (Wildman–Crippen LogP) is 4.41. The van der Waals surface area contributed by atoms with E-state index in [-0.39, 0.29) is 16.2 Å². The predicted molar refractivity (Wildman–Crippen MR) is 74.9 cm³/mol. The molecule has 3 atom stereocenters. The second-order valence-electron chi connectivity index (χ2n) is 8.04. The molecule has 0 radical (unpaired) electrons. The average molecular weight is 238 g/mol. The molecule has 0 aromatic heterocycles. The van der Waals surface area contributed by atoms with Gasteiger partial charge in [0.15, 0.2) is 0 Å². The maximum atomic E-state index is 11.0. The van der Waals surface area contributed by atoms with Crippen LogP contribution in [0.5, 0.6) is 0 Å². The Morgan fingerprint density at radius 2 is 1.65 bits per heavy atom. The van der Waals surface area contributed by atoms with Gasteiger partial charge < -0.3 is 5.11 Å². The normalized spacial score (nSPS) is 39.4. The molecule has 0 aromatic rings. The summed E-state index contributed by atoms with van der Waals surface area (Å²) >= 11 is 0. The maximum Gasteiger partial charge on any atom is 0.0886 e. The Morgan fingerprint density at radius 3 is 1.94 bits per heavy atom. The van der Waals surface area contributed by atoms with Crippen molar-refractivity contribution in [1.82, 2.24) is 0 Å². The van der Waals surface area contributed by atoms with Gasteiger partial charge in [-0.05, 0) is 29.6 Å². The van der Waals surface area contributed by atoms with E-state index in [1.807, 2.05) is 0 Å². The molecule has 1 nitrogen and oxygen atoms in total. The van der Waals surface area contributed by atoms with Crippen LogP contribution in [0.15, 0.2) is 12.7 Å². The summed E-state index contributed by atoms with van der Waals surface area (Å²) in [6.07, 6.45) is 3.70. The van der Waals surface area contributed by atoms with Crippen molar-refractivity contribution in [2.45, 2.75) is 66.9 Å². The van der Waals surface area contributed by atoms with Crippen molar-refractivity contribution in [2.75, 3.05) is 0 Å². The lowest BCUT2D eigenvalue weighted by Gasteiger charge is -2.54. The number of hydrogen-bond donors (Lipinski definition) is 1. The highest BCUT2D eigenvalue weighted by Crippen LogP contribution is 2.64. The molecular weight excluding hydrogens is 208 g/mol. The maximum absolute atomic E-state index is 11.0. The minimum atomic E-state index is -0.733. The Morgan fingerprint density at radius 1 is 1.18 bits per heavy atom. The Balaban J connectivity index is 3.36. The van der Waals surface area contributed by atoms with E-state index < -0.39 is 5.60 Å². The van der Waals surface area contributed by atoms with Crippen LogP contribution in [0.25, 0.3) is 0 Å². The standard InChI is InChI=1S/C16H30O/c1-9-16(17)11-10-12(13(2,3)4)15(16,8)14(5,6)7/h9,12,17H,1,10-11H2,2-8H3/t12?,15-,16?/m1/s1. The average Bonchev–Trinajstić information content (AvgIpc) is 2.40. The van der Waals surface area contributed by atoms with Gasteiger partial charge in [-0.15, -0.1) is 6.58 Å². The second-order valence-corrected chi connectivity index (χ2v) is 8.04. The molecule has 0 heterocycles. The molecule has 1 rings (SSSR count). The molecule has 0 spiro atoms. The van der Waals surface area contributed by atoms with Crippen LogP contribution in [0.4, 0.5) is 0 Å². The van der Waals surface area contributed by atoms with Crippen LogP contribution in [-0.4, -0.2) is 10.7 Å². The summed E-state index contributed by atoms with van der Waals surface area (Å²) in [4.78, 5) is 0. The minimum absolute atomic E-state index is 0.0599. The van der Waals surface area contributed by atoms with Gasteiger partial charge in [0.25, 0.3) is 0 Å². The summed E-state index contributed by atoms with van der Waals surface area (Å²) in [7, 11) is 0. The molecule has 1 fully saturated rings. The van der Waals surface area contributed by atoms with E-state index in [1.165, 1.54) is 0 Å². The van der Waals surface area contributed by atoms with Gasteiger partial charge in [0.2, 0.25) is 0 Å². The van der Waals surface area contributed by atoms with Crippen LogP contribution >= 0.6 is 0 Å². The van der Waals surface area contributed by atoms with Crippen molar-refractivity contribution in [1.29, 1.82) is 0 Å². The lowest BCUT2D eigenvalue weighted by Crippen LogP contribution is -2.54. The van der Waals surface area contributed by atoms with E-state index in [0.717, 1.165) is 12.8 Å². The van der Waals surface area contributed by atoms with Crippen molar-refractivity contribution in [2.24, 2.45) is 22.2 Å². The number of rotatable bonds is 1. The highest BCUT2D eigenvalue weighted by atomic mass is 16.3. The van der Waals surface area contributed by atoms with Gasteiger partial charge in [-0.3, -0.25) is 0 Å². The third kappa shape index (κ3) is 1.97. The Hall–Kier alpha value is -0.300. The quantitative estimate of drug-likeness (QED) is 0.671. The molecule has 0 aliphatic heterocycles. The fraction of sp³-hybridized carbons (Fsp3) is 0.875. The monoisotopic (exact) mass is 238 g/mol. The van der Waals surface area contributed by atoms with Crippen molar-refractivity contribution in [3.8, 4) is 0 Å². The molecule has 1 aliphatic rings. The Labute approximate surface area is 107 Å². The Bertz CT molecular complexity index is 304. The fourth-order valence-corrected chi connectivity index (χ4v) is 4.00. The summed E-state index contributed by atoms with van der Waals surface area (Å²) in [5, 5.41) is 11.0. The smallest absolute Gasteiger partial charge is 0.0886 e. The molecule has 0 amide bonds. The summed E-state index contributed by atoms with van der Waals surface area (Å²) in [6, 6.07) is 0. The van der Waals surface area contributed by atoms with Crippen LogP contribution in [-0.2, 0) is 0 Å². The lowest BCUT2D eigenvalue weighted by molar-refractivity contribution is -0.118. The molecular formula is C16H30O.